The van der Waals surface area contributed by atoms with Crippen LogP contribution < -0.4 is 5.32 Å². The van der Waals surface area contributed by atoms with Gasteiger partial charge in [0.05, 0.1) is 12.7 Å². The van der Waals surface area contributed by atoms with Gasteiger partial charge < -0.3 is 5.32 Å². The lowest BCUT2D eigenvalue weighted by atomic mass is 10.1. The van der Waals surface area contributed by atoms with Crippen LogP contribution in [0.1, 0.15) is 30.5 Å². The molecule has 1 atom stereocenters. The number of rotatable bonds is 5. The van der Waals surface area contributed by atoms with Crippen LogP contribution in [0.15, 0.2) is 30.6 Å². The van der Waals surface area contributed by atoms with Crippen molar-refractivity contribution in [2.75, 3.05) is 7.05 Å². The van der Waals surface area contributed by atoms with Crippen molar-refractivity contribution in [3.8, 4) is 0 Å². The molecule has 0 bridgehead atoms. The lowest BCUT2D eigenvalue weighted by Gasteiger charge is -2.10. The maximum absolute atomic E-state index is 13.6. The SMILES string of the molecule is CCC(NC)c1cnn(Cc2cc(Cl)ccc2F)c1. The van der Waals surface area contributed by atoms with E-state index >= 15 is 0 Å². The largest absolute Gasteiger partial charge is 0.313 e. The lowest BCUT2D eigenvalue weighted by Crippen LogP contribution is -2.14. The van der Waals surface area contributed by atoms with Gasteiger partial charge in [-0.3, -0.25) is 4.68 Å². The molecular weight excluding hydrogens is 265 g/mol. The number of hydrogen-bond acceptors (Lipinski definition) is 2. The van der Waals surface area contributed by atoms with E-state index in [9.17, 15) is 4.39 Å². The topological polar surface area (TPSA) is 29.9 Å². The monoisotopic (exact) mass is 281 g/mol. The Hall–Kier alpha value is -1.39. The lowest BCUT2D eigenvalue weighted by molar-refractivity contribution is 0.571. The number of hydrogen-bond donors (Lipinski definition) is 1. The molecule has 1 aromatic heterocycles. The highest BCUT2D eigenvalue weighted by molar-refractivity contribution is 6.30. The van der Waals surface area contributed by atoms with E-state index in [4.69, 9.17) is 11.6 Å². The van der Waals surface area contributed by atoms with Gasteiger partial charge in [0.1, 0.15) is 5.82 Å². The average Bonchev–Trinajstić information content (AvgIpc) is 2.84. The fourth-order valence-electron chi connectivity index (χ4n) is 2.09. The smallest absolute Gasteiger partial charge is 0.128 e. The fraction of sp³-hybridized carbons (Fsp3) is 0.357. The number of halogens is 2. The zero-order valence-corrected chi connectivity index (χ0v) is 11.8. The molecule has 0 radical (unpaired) electrons. The Balaban J connectivity index is 2.18. The van der Waals surface area contributed by atoms with Crippen molar-refractivity contribution >= 4 is 11.6 Å². The second kappa shape index (κ2) is 6.17. The van der Waals surface area contributed by atoms with E-state index in [0.29, 0.717) is 17.1 Å². The first-order valence-electron chi connectivity index (χ1n) is 6.27. The highest BCUT2D eigenvalue weighted by Gasteiger charge is 2.10. The van der Waals surface area contributed by atoms with Crippen molar-refractivity contribution in [3.63, 3.8) is 0 Å². The number of benzene rings is 1. The van der Waals surface area contributed by atoms with E-state index in [2.05, 4.69) is 17.3 Å². The maximum Gasteiger partial charge on any atom is 0.128 e. The van der Waals surface area contributed by atoms with Crippen LogP contribution in [0, 0.1) is 5.82 Å². The minimum atomic E-state index is -0.262. The molecule has 0 saturated heterocycles. The van der Waals surface area contributed by atoms with Crippen LogP contribution in [0.5, 0.6) is 0 Å². The van der Waals surface area contributed by atoms with Crippen molar-refractivity contribution in [2.45, 2.75) is 25.9 Å². The van der Waals surface area contributed by atoms with Crippen molar-refractivity contribution < 1.29 is 4.39 Å². The molecule has 0 spiro atoms. The third-order valence-electron chi connectivity index (χ3n) is 3.15. The Morgan fingerprint density at radius 3 is 2.95 bits per heavy atom. The second-order valence-electron chi connectivity index (χ2n) is 4.46. The van der Waals surface area contributed by atoms with Gasteiger partial charge in [-0.2, -0.15) is 5.10 Å². The summed E-state index contributed by atoms with van der Waals surface area (Å²) in [5.41, 5.74) is 1.65. The van der Waals surface area contributed by atoms with E-state index in [1.165, 1.54) is 6.07 Å². The molecular formula is C14H17ClFN3. The van der Waals surface area contributed by atoms with Crippen molar-refractivity contribution in [1.29, 1.82) is 0 Å². The first-order valence-corrected chi connectivity index (χ1v) is 6.65. The predicted molar refractivity (Wildman–Crippen MR) is 74.8 cm³/mol. The Labute approximate surface area is 117 Å². The summed E-state index contributed by atoms with van der Waals surface area (Å²) in [6.07, 6.45) is 4.73. The second-order valence-corrected chi connectivity index (χ2v) is 4.89. The highest BCUT2D eigenvalue weighted by atomic mass is 35.5. The van der Waals surface area contributed by atoms with Gasteiger partial charge in [-0.25, -0.2) is 4.39 Å². The summed E-state index contributed by atoms with van der Waals surface area (Å²) in [6.45, 7) is 2.49. The highest BCUT2D eigenvalue weighted by Crippen LogP contribution is 2.18. The minimum Gasteiger partial charge on any atom is -0.313 e. The van der Waals surface area contributed by atoms with Gasteiger partial charge in [-0.15, -0.1) is 0 Å². The summed E-state index contributed by atoms with van der Waals surface area (Å²) in [7, 11) is 1.92. The zero-order chi connectivity index (χ0) is 13.8. The van der Waals surface area contributed by atoms with Crippen molar-refractivity contribution in [1.82, 2.24) is 15.1 Å². The molecule has 0 saturated carbocycles. The number of nitrogens with zero attached hydrogens (tertiary/aromatic N) is 2. The van der Waals surface area contributed by atoms with E-state index in [-0.39, 0.29) is 11.9 Å². The van der Waals surface area contributed by atoms with Crippen molar-refractivity contribution in [3.05, 3.63) is 52.6 Å². The summed E-state index contributed by atoms with van der Waals surface area (Å²) < 4.78 is 15.4. The van der Waals surface area contributed by atoms with E-state index in [1.54, 1.807) is 16.8 Å². The summed E-state index contributed by atoms with van der Waals surface area (Å²) in [4.78, 5) is 0. The van der Waals surface area contributed by atoms with Gasteiger partial charge in [0, 0.05) is 28.4 Å². The van der Waals surface area contributed by atoms with Gasteiger partial charge in [0.2, 0.25) is 0 Å². The van der Waals surface area contributed by atoms with Crippen LogP contribution in [0.4, 0.5) is 4.39 Å². The molecule has 1 unspecified atom stereocenters. The van der Waals surface area contributed by atoms with Crippen LogP contribution in [0.25, 0.3) is 0 Å². The minimum absolute atomic E-state index is 0.262. The van der Waals surface area contributed by atoms with Gasteiger partial charge >= 0.3 is 0 Å². The third-order valence-corrected chi connectivity index (χ3v) is 3.39. The standard InChI is InChI=1S/C14H17ClFN3/c1-3-14(17-2)11-7-18-19(9-11)8-10-6-12(15)4-5-13(10)16/h4-7,9,14,17H,3,8H2,1-2H3. The summed E-state index contributed by atoms with van der Waals surface area (Å²) in [5.74, 6) is -0.262. The van der Waals surface area contributed by atoms with E-state index < -0.39 is 0 Å². The zero-order valence-electron chi connectivity index (χ0n) is 11.0. The van der Waals surface area contributed by atoms with Crippen LogP contribution in [-0.2, 0) is 6.54 Å². The van der Waals surface area contributed by atoms with Crippen LogP contribution in [0.2, 0.25) is 5.02 Å². The molecule has 0 amide bonds. The maximum atomic E-state index is 13.6. The number of aromatic nitrogens is 2. The Morgan fingerprint density at radius 1 is 1.47 bits per heavy atom. The van der Waals surface area contributed by atoms with Crippen molar-refractivity contribution in [2.24, 2.45) is 0 Å². The molecule has 1 heterocycles. The first-order chi connectivity index (χ1) is 9.13. The summed E-state index contributed by atoms with van der Waals surface area (Å²) in [5, 5.41) is 8.02. The van der Waals surface area contributed by atoms with Crippen LogP contribution in [0.3, 0.4) is 0 Å². The molecule has 2 aromatic rings. The Bertz CT molecular complexity index is 549. The summed E-state index contributed by atoms with van der Waals surface area (Å²) >= 11 is 5.88. The van der Waals surface area contributed by atoms with Gasteiger partial charge in [0.15, 0.2) is 0 Å². The quantitative estimate of drug-likeness (QED) is 0.910. The molecule has 0 fully saturated rings. The Kier molecular flexibility index (Phi) is 4.56. The Morgan fingerprint density at radius 2 is 2.26 bits per heavy atom. The van der Waals surface area contributed by atoms with E-state index in [0.717, 1.165) is 12.0 Å². The normalized spacial score (nSPS) is 12.6. The van der Waals surface area contributed by atoms with E-state index in [1.807, 2.05) is 19.4 Å². The first kappa shape index (κ1) is 14.0. The molecule has 0 aliphatic carbocycles. The molecule has 19 heavy (non-hydrogen) atoms. The van der Waals surface area contributed by atoms with Crippen LogP contribution >= 0.6 is 11.6 Å². The molecule has 102 valence electrons. The predicted octanol–water partition coefficient (Wildman–Crippen LogP) is 3.39. The van der Waals surface area contributed by atoms with Gasteiger partial charge in [-0.1, -0.05) is 18.5 Å². The molecule has 0 aliphatic heterocycles. The number of nitrogens with one attached hydrogen (secondary N) is 1. The molecule has 5 heteroatoms. The van der Waals surface area contributed by atoms with Gasteiger partial charge in [-0.05, 0) is 31.7 Å². The molecule has 3 nitrogen and oxygen atoms in total. The fourth-order valence-corrected chi connectivity index (χ4v) is 2.29. The third kappa shape index (κ3) is 3.33. The molecule has 0 aliphatic rings. The molecule has 1 aromatic carbocycles. The van der Waals surface area contributed by atoms with Crippen LogP contribution in [-0.4, -0.2) is 16.8 Å². The average molecular weight is 282 g/mol. The van der Waals surface area contributed by atoms with Gasteiger partial charge in [0.25, 0.3) is 0 Å². The summed E-state index contributed by atoms with van der Waals surface area (Å²) in [6, 6.07) is 4.83. The molecule has 2 rings (SSSR count). The molecule has 1 N–H and O–H groups in total.